The van der Waals surface area contributed by atoms with Crippen molar-refractivity contribution in [2.24, 2.45) is 5.73 Å². The number of nitrogens with zero attached hydrogens (tertiary/aromatic N) is 1. The Kier molecular flexibility index (Phi) is 4.85. The van der Waals surface area contributed by atoms with Crippen LogP contribution in [0.25, 0.3) is 0 Å². The lowest BCUT2D eigenvalue weighted by molar-refractivity contribution is 0.0954. The van der Waals surface area contributed by atoms with Gasteiger partial charge in [-0.2, -0.15) is 0 Å². The summed E-state index contributed by atoms with van der Waals surface area (Å²) in [6, 6.07) is 11.7. The number of amides is 1. The Hall–Kier alpha value is -2.20. The van der Waals surface area contributed by atoms with Crippen LogP contribution in [-0.4, -0.2) is 17.4 Å². The Morgan fingerprint density at radius 3 is 2.70 bits per heavy atom. The number of aromatic nitrogens is 1. The molecule has 0 unspecified atom stereocenters. The molecule has 0 aliphatic rings. The normalized spacial score (nSPS) is 10.3. The molecule has 0 fully saturated rings. The van der Waals surface area contributed by atoms with Gasteiger partial charge in [-0.3, -0.25) is 9.78 Å². The Bertz CT molecular complexity index is 579. The van der Waals surface area contributed by atoms with Crippen molar-refractivity contribution in [3.05, 3.63) is 65.0 Å². The van der Waals surface area contributed by atoms with E-state index in [1.54, 1.807) is 18.3 Å². The third-order valence-corrected chi connectivity index (χ3v) is 3.11. The van der Waals surface area contributed by atoms with Crippen molar-refractivity contribution in [1.29, 1.82) is 0 Å². The van der Waals surface area contributed by atoms with Crippen LogP contribution in [0.3, 0.4) is 0 Å². The number of rotatable bonds is 5. The van der Waals surface area contributed by atoms with Crippen LogP contribution in [0.5, 0.6) is 0 Å². The smallest absolute Gasteiger partial charge is 0.251 e. The molecule has 2 rings (SSSR count). The summed E-state index contributed by atoms with van der Waals surface area (Å²) in [4.78, 5) is 16.0. The number of benzene rings is 1. The van der Waals surface area contributed by atoms with E-state index in [1.807, 2.05) is 0 Å². The van der Waals surface area contributed by atoms with Gasteiger partial charge in [-0.05, 0) is 31.0 Å². The quantitative estimate of drug-likeness (QED) is 0.870. The van der Waals surface area contributed by atoms with Crippen LogP contribution in [0.4, 0.5) is 0 Å². The average Bonchev–Trinajstić information content (AvgIpc) is 2.49. The molecule has 3 N–H and O–H groups in total. The molecule has 1 amide bonds. The van der Waals surface area contributed by atoms with Gasteiger partial charge in [-0.25, -0.2) is 0 Å². The maximum Gasteiger partial charge on any atom is 0.251 e. The van der Waals surface area contributed by atoms with Gasteiger partial charge in [0.15, 0.2) is 0 Å². The molecule has 104 valence electrons. The van der Waals surface area contributed by atoms with Gasteiger partial charge in [0, 0.05) is 24.8 Å². The lowest BCUT2D eigenvalue weighted by Crippen LogP contribution is -2.26. The van der Waals surface area contributed by atoms with E-state index < -0.39 is 0 Å². The fraction of sp³-hybridized carbons (Fsp3) is 0.250. The lowest BCUT2D eigenvalue weighted by Gasteiger charge is -2.06. The minimum atomic E-state index is -0.0887. The largest absolute Gasteiger partial charge is 0.352 e. The van der Waals surface area contributed by atoms with Crippen LogP contribution >= 0.6 is 0 Å². The summed E-state index contributed by atoms with van der Waals surface area (Å²) in [5.41, 5.74) is 9.29. The van der Waals surface area contributed by atoms with Gasteiger partial charge in [-0.1, -0.05) is 29.8 Å². The van der Waals surface area contributed by atoms with Crippen molar-refractivity contribution in [3.8, 4) is 0 Å². The number of pyridine rings is 1. The Morgan fingerprint density at radius 1 is 1.25 bits per heavy atom. The molecular formula is C16H19N3O. The summed E-state index contributed by atoms with van der Waals surface area (Å²) in [6.07, 6.45) is 2.43. The summed E-state index contributed by atoms with van der Waals surface area (Å²) in [7, 11) is 0. The fourth-order valence-electron chi connectivity index (χ4n) is 1.91. The highest BCUT2D eigenvalue weighted by Crippen LogP contribution is 2.04. The lowest BCUT2D eigenvalue weighted by atomic mass is 10.1. The predicted octanol–water partition coefficient (Wildman–Crippen LogP) is 1.82. The SMILES string of the molecule is Cc1ccc(CCNC(=O)c2ccnc(CN)c2)cc1. The molecule has 2 aromatic rings. The number of carbonyl (C=O) groups excluding carboxylic acids is 1. The van der Waals surface area contributed by atoms with Crippen molar-refractivity contribution in [2.45, 2.75) is 19.9 Å². The van der Waals surface area contributed by atoms with Gasteiger partial charge >= 0.3 is 0 Å². The summed E-state index contributed by atoms with van der Waals surface area (Å²) < 4.78 is 0. The number of hydrogen-bond acceptors (Lipinski definition) is 3. The summed E-state index contributed by atoms with van der Waals surface area (Å²) in [5.74, 6) is -0.0887. The highest BCUT2D eigenvalue weighted by atomic mass is 16.1. The van der Waals surface area contributed by atoms with Gasteiger partial charge in [-0.15, -0.1) is 0 Å². The van der Waals surface area contributed by atoms with E-state index in [1.165, 1.54) is 11.1 Å². The molecule has 0 spiro atoms. The zero-order valence-electron chi connectivity index (χ0n) is 11.6. The third kappa shape index (κ3) is 3.90. The maximum atomic E-state index is 12.0. The van der Waals surface area contributed by atoms with Crippen molar-refractivity contribution < 1.29 is 4.79 Å². The van der Waals surface area contributed by atoms with Crippen LogP contribution in [0.2, 0.25) is 0 Å². The molecule has 1 heterocycles. The first-order valence-electron chi connectivity index (χ1n) is 6.68. The van der Waals surface area contributed by atoms with E-state index in [0.29, 0.717) is 18.7 Å². The van der Waals surface area contributed by atoms with Crippen molar-refractivity contribution in [1.82, 2.24) is 10.3 Å². The van der Waals surface area contributed by atoms with Crippen molar-refractivity contribution in [2.75, 3.05) is 6.54 Å². The number of nitrogens with one attached hydrogen (secondary N) is 1. The monoisotopic (exact) mass is 269 g/mol. The molecule has 0 radical (unpaired) electrons. The molecule has 0 aliphatic heterocycles. The van der Waals surface area contributed by atoms with Crippen molar-refractivity contribution >= 4 is 5.91 Å². The van der Waals surface area contributed by atoms with Crippen molar-refractivity contribution in [3.63, 3.8) is 0 Å². The van der Waals surface area contributed by atoms with Gasteiger partial charge in [0.1, 0.15) is 0 Å². The van der Waals surface area contributed by atoms with E-state index in [4.69, 9.17) is 5.73 Å². The number of hydrogen-bond donors (Lipinski definition) is 2. The molecule has 4 nitrogen and oxygen atoms in total. The number of nitrogens with two attached hydrogens (primary N) is 1. The highest BCUT2D eigenvalue weighted by molar-refractivity contribution is 5.94. The molecule has 0 saturated carbocycles. The second-order valence-electron chi connectivity index (χ2n) is 4.73. The third-order valence-electron chi connectivity index (χ3n) is 3.11. The standard InChI is InChI=1S/C16H19N3O/c1-12-2-4-13(5-3-12)6-8-19-16(20)14-7-9-18-15(10-14)11-17/h2-5,7,9-10H,6,8,11,17H2,1H3,(H,19,20). The van der Waals surface area contributed by atoms with Crippen LogP contribution < -0.4 is 11.1 Å². The predicted molar refractivity (Wildman–Crippen MR) is 79.3 cm³/mol. The number of aryl methyl sites for hydroxylation is 1. The Balaban J connectivity index is 1.87. The molecule has 0 saturated heterocycles. The van der Waals surface area contributed by atoms with Gasteiger partial charge in [0.05, 0.1) is 5.69 Å². The van der Waals surface area contributed by atoms with Crippen LogP contribution in [0, 0.1) is 6.92 Å². The molecule has 0 atom stereocenters. The maximum absolute atomic E-state index is 12.0. The van der Waals surface area contributed by atoms with E-state index in [-0.39, 0.29) is 5.91 Å². The molecule has 1 aromatic carbocycles. The van der Waals surface area contributed by atoms with Gasteiger partial charge < -0.3 is 11.1 Å². The zero-order valence-corrected chi connectivity index (χ0v) is 11.6. The second kappa shape index (κ2) is 6.82. The highest BCUT2D eigenvalue weighted by Gasteiger charge is 2.05. The fourth-order valence-corrected chi connectivity index (χ4v) is 1.91. The number of carbonyl (C=O) groups is 1. The Morgan fingerprint density at radius 2 is 2.00 bits per heavy atom. The minimum absolute atomic E-state index is 0.0887. The molecule has 20 heavy (non-hydrogen) atoms. The first kappa shape index (κ1) is 14.2. The van der Waals surface area contributed by atoms with E-state index in [2.05, 4.69) is 41.5 Å². The average molecular weight is 269 g/mol. The summed E-state index contributed by atoms with van der Waals surface area (Å²) in [6.45, 7) is 3.01. The first-order chi connectivity index (χ1) is 9.69. The van der Waals surface area contributed by atoms with E-state index in [0.717, 1.165) is 12.1 Å². The van der Waals surface area contributed by atoms with Gasteiger partial charge in [0.2, 0.25) is 0 Å². The molecule has 0 aliphatic carbocycles. The van der Waals surface area contributed by atoms with E-state index >= 15 is 0 Å². The molecule has 4 heteroatoms. The zero-order chi connectivity index (χ0) is 14.4. The van der Waals surface area contributed by atoms with E-state index in [9.17, 15) is 4.79 Å². The molecule has 1 aromatic heterocycles. The Labute approximate surface area is 119 Å². The van der Waals surface area contributed by atoms with Crippen LogP contribution in [0.1, 0.15) is 27.2 Å². The second-order valence-corrected chi connectivity index (χ2v) is 4.73. The molecule has 0 bridgehead atoms. The van der Waals surface area contributed by atoms with Gasteiger partial charge in [0.25, 0.3) is 5.91 Å². The topological polar surface area (TPSA) is 68.0 Å². The van der Waals surface area contributed by atoms with Crippen LogP contribution in [0.15, 0.2) is 42.6 Å². The van der Waals surface area contributed by atoms with Crippen LogP contribution in [-0.2, 0) is 13.0 Å². The summed E-state index contributed by atoms with van der Waals surface area (Å²) in [5, 5.41) is 2.91. The minimum Gasteiger partial charge on any atom is -0.352 e. The first-order valence-corrected chi connectivity index (χ1v) is 6.68. The summed E-state index contributed by atoms with van der Waals surface area (Å²) >= 11 is 0. The molecular weight excluding hydrogens is 250 g/mol.